The zero-order valence-electron chi connectivity index (χ0n) is 21.4. The van der Waals surface area contributed by atoms with Gasteiger partial charge in [-0.3, -0.25) is 4.79 Å². The van der Waals surface area contributed by atoms with E-state index in [2.05, 4.69) is 15.3 Å². The van der Waals surface area contributed by atoms with E-state index < -0.39 is 104 Å². The number of nitrogens with one attached hydrogen (secondary N) is 1. The molecule has 1 aliphatic carbocycles. The Kier molecular flexibility index (Phi) is 11.8. The molecule has 0 bridgehead atoms. The maximum absolute atomic E-state index is 12.4. The number of aliphatic hydroxyl groups excluding tert-OH is 7. The number of ether oxygens (including phenoxy) is 4. The lowest BCUT2D eigenvalue weighted by Crippen LogP contribution is -2.69. The molecule has 0 radical (unpaired) electrons. The average Bonchev–Trinajstić information content (AvgIpc) is 3.19. The summed E-state index contributed by atoms with van der Waals surface area (Å²) < 4.78 is 22.7. The first-order valence-corrected chi connectivity index (χ1v) is 12.8. The first kappa shape index (κ1) is 32.7. The maximum atomic E-state index is 12.4. The predicted octanol–water partition coefficient (Wildman–Crippen LogP) is -6.43. The summed E-state index contributed by atoms with van der Waals surface area (Å²) in [6.45, 7) is -1.00. The van der Waals surface area contributed by atoms with E-state index in [0.717, 1.165) is 0 Å². The Morgan fingerprint density at radius 2 is 1.62 bits per heavy atom. The third-order valence-electron chi connectivity index (χ3n) is 7.25. The van der Waals surface area contributed by atoms with Gasteiger partial charge in [0.2, 0.25) is 5.91 Å². The highest BCUT2D eigenvalue weighted by Gasteiger charge is 2.53. The van der Waals surface area contributed by atoms with Gasteiger partial charge in [0.25, 0.3) is 0 Å². The number of azide groups is 1. The highest BCUT2D eigenvalue weighted by atomic mass is 16.7. The van der Waals surface area contributed by atoms with Gasteiger partial charge >= 0.3 is 0 Å². The zero-order chi connectivity index (χ0) is 29.7. The molecule has 2 aliphatic heterocycles. The van der Waals surface area contributed by atoms with E-state index in [-0.39, 0.29) is 25.9 Å². The van der Waals surface area contributed by atoms with Gasteiger partial charge in [0.1, 0.15) is 54.9 Å². The van der Waals surface area contributed by atoms with Crippen molar-refractivity contribution in [2.45, 2.75) is 105 Å². The summed E-state index contributed by atoms with van der Waals surface area (Å²) in [5.41, 5.74) is 26.3. The fourth-order valence-corrected chi connectivity index (χ4v) is 4.91. The molecule has 0 aromatic rings. The van der Waals surface area contributed by atoms with Gasteiger partial charge in [-0.1, -0.05) is 5.11 Å². The van der Waals surface area contributed by atoms with Gasteiger partial charge in [-0.05, 0) is 24.9 Å². The molecule has 7 unspecified atom stereocenters. The highest BCUT2D eigenvalue weighted by Crippen LogP contribution is 2.32. The van der Waals surface area contributed by atoms with Gasteiger partial charge in [-0.25, -0.2) is 0 Å². The zero-order valence-corrected chi connectivity index (χ0v) is 21.4. The van der Waals surface area contributed by atoms with Crippen molar-refractivity contribution in [2.24, 2.45) is 22.3 Å². The lowest BCUT2D eigenvalue weighted by molar-refractivity contribution is -0.310. The Balaban J connectivity index is 1.85. The van der Waals surface area contributed by atoms with Crippen LogP contribution in [0.25, 0.3) is 10.4 Å². The smallest absolute Gasteiger partial charge is 0.249 e. The van der Waals surface area contributed by atoms with Crippen LogP contribution in [-0.2, 0) is 23.7 Å². The summed E-state index contributed by atoms with van der Waals surface area (Å²) in [5.74, 6) is -0.831. The summed E-state index contributed by atoms with van der Waals surface area (Å²) in [6.07, 6.45) is -17.8. The summed E-state index contributed by atoms with van der Waals surface area (Å²) in [5, 5.41) is 77.7. The molecule has 2 heterocycles. The Labute approximate surface area is 228 Å². The topological polar surface area (TPSA) is 334 Å². The van der Waals surface area contributed by atoms with Crippen molar-refractivity contribution in [3.05, 3.63) is 10.4 Å². The fraction of sp³-hybridized carbons (Fsp3) is 0.952. The Morgan fingerprint density at radius 1 is 1.00 bits per heavy atom. The summed E-state index contributed by atoms with van der Waals surface area (Å²) in [7, 11) is 0. The van der Waals surface area contributed by atoms with Crippen LogP contribution in [0.4, 0.5) is 0 Å². The van der Waals surface area contributed by atoms with E-state index in [4.69, 9.17) is 41.7 Å². The molecule has 19 heteroatoms. The Bertz CT molecular complexity index is 885. The molecular formula is C21H39N7O12. The number of carbonyl (C=O) groups excluding carboxylic acids is 1. The van der Waals surface area contributed by atoms with Crippen LogP contribution < -0.4 is 22.5 Å². The van der Waals surface area contributed by atoms with Crippen molar-refractivity contribution in [3.8, 4) is 0 Å². The second-order valence-electron chi connectivity index (χ2n) is 10.0. The molecule has 3 rings (SSSR count). The molecule has 2 saturated heterocycles. The van der Waals surface area contributed by atoms with E-state index in [1.165, 1.54) is 0 Å². The molecule has 40 heavy (non-hydrogen) atoms. The quantitative estimate of drug-likeness (QED) is 0.0613. The number of carbonyl (C=O) groups is 1. The minimum Gasteiger partial charge on any atom is -0.394 e. The van der Waals surface area contributed by atoms with Crippen molar-refractivity contribution < 1.29 is 59.5 Å². The maximum Gasteiger partial charge on any atom is 0.249 e. The highest BCUT2D eigenvalue weighted by molar-refractivity contribution is 5.80. The molecule has 14 N–H and O–H groups in total. The Morgan fingerprint density at radius 3 is 2.25 bits per heavy atom. The number of nitrogens with two attached hydrogens (primary N) is 3. The van der Waals surface area contributed by atoms with Gasteiger partial charge in [-0.15, -0.1) is 0 Å². The molecule has 15 atom stereocenters. The number of rotatable bonds is 11. The van der Waals surface area contributed by atoms with Crippen molar-refractivity contribution in [1.29, 1.82) is 0 Å². The molecule has 3 aliphatic rings. The summed E-state index contributed by atoms with van der Waals surface area (Å²) >= 11 is 0. The van der Waals surface area contributed by atoms with Crippen molar-refractivity contribution >= 4 is 5.91 Å². The molecule has 0 aromatic heterocycles. The summed E-state index contributed by atoms with van der Waals surface area (Å²) in [6, 6.07) is -3.45. The van der Waals surface area contributed by atoms with E-state index in [9.17, 15) is 40.5 Å². The number of hydrogen-bond acceptors (Lipinski definition) is 16. The van der Waals surface area contributed by atoms with E-state index in [0.29, 0.717) is 0 Å². The Hall–Kier alpha value is -1.78. The van der Waals surface area contributed by atoms with Gasteiger partial charge in [0, 0.05) is 11.0 Å². The van der Waals surface area contributed by atoms with E-state index in [1.54, 1.807) is 0 Å². The van der Waals surface area contributed by atoms with Crippen LogP contribution in [0.2, 0.25) is 0 Å². The first-order chi connectivity index (χ1) is 18.9. The van der Waals surface area contributed by atoms with Crippen LogP contribution in [0, 0.1) is 0 Å². The first-order valence-electron chi connectivity index (χ1n) is 12.8. The van der Waals surface area contributed by atoms with Crippen LogP contribution in [-0.4, -0.2) is 153 Å². The number of aliphatic hydroxyl groups is 7. The normalized spacial score (nSPS) is 44.5. The number of nitrogens with zero attached hydrogens (tertiary/aromatic N) is 3. The summed E-state index contributed by atoms with van der Waals surface area (Å²) in [4.78, 5) is 15.0. The molecule has 0 spiro atoms. The average molecular weight is 582 g/mol. The van der Waals surface area contributed by atoms with E-state index in [1.807, 2.05) is 0 Å². The third kappa shape index (κ3) is 7.16. The molecular weight excluding hydrogens is 542 g/mol. The van der Waals surface area contributed by atoms with Gasteiger partial charge in [-0.2, -0.15) is 0 Å². The van der Waals surface area contributed by atoms with Crippen LogP contribution in [0.3, 0.4) is 0 Å². The van der Waals surface area contributed by atoms with Crippen molar-refractivity contribution in [1.82, 2.24) is 5.32 Å². The van der Waals surface area contributed by atoms with Crippen molar-refractivity contribution in [2.75, 3.05) is 19.7 Å². The minimum absolute atomic E-state index is 0.0241. The van der Waals surface area contributed by atoms with Crippen molar-refractivity contribution in [3.63, 3.8) is 0 Å². The van der Waals surface area contributed by atoms with Gasteiger partial charge < -0.3 is 77.2 Å². The lowest BCUT2D eigenvalue weighted by atomic mass is 9.83. The predicted molar refractivity (Wildman–Crippen MR) is 130 cm³/mol. The minimum atomic E-state index is -1.66. The van der Waals surface area contributed by atoms with Crippen LogP contribution >= 0.6 is 0 Å². The monoisotopic (exact) mass is 581 g/mol. The number of amides is 1. The molecule has 3 fully saturated rings. The van der Waals surface area contributed by atoms with Crippen LogP contribution in [0.5, 0.6) is 0 Å². The van der Waals surface area contributed by atoms with Crippen LogP contribution in [0.1, 0.15) is 12.8 Å². The largest absolute Gasteiger partial charge is 0.394 e. The van der Waals surface area contributed by atoms with Gasteiger partial charge in [0.15, 0.2) is 12.6 Å². The molecule has 230 valence electrons. The lowest BCUT2D eigenvalue weighted by Gasteiger charge is -2.47. The SMILES string of the molecule is [N-]=[N+]=NC[C@H]1O[C@@H](OC2C(O)[C@H](NC(=O)[C@@H](O)CCN)CC(N)[C@H]2O[C@H]2OC(CO)[C@@H](O)C(O)C2N)[C@@H](O)C1O. The molecule has 1 amide bonds. The van der Waals surface area contributed by atoms with Gasteiger partial charge in [0.05, 0.1) is 31.3 Å². The third-order valence-corrected chi connectivity index (χ3v) is 7.25. The second-order valence-corrected chi connectivity index (χ2v) is 10.0. The number of hydrogen-bond donors (Lipinski definition) is 11. The second kappa shape index (κ2) is 14.4. The van der Waals surface area contributed by atoms with E-state index >= 15 is 0 Å². The standard InChI is InChI=1S/C21H39N7O12/c22-2-1-8(30)19(36)27-7-3-6(23)17(39-20-11(24)15(34)14(33)10(5-29)38-20)18(12(7)31)40-21-16(35)13(32)9(37-21)4-26-28-25/h6-18,20-21,29-35H,1-5,22-24H2,(H,27,36)/t6?,7-,8+,9-,10?,11?,12?,13?,14-,15?,16+,17-,18?,20-,21+/m1/s1. The van der Waals surface area contributed by atoms with Crippen LogP contribution in [0.15, 0.2) is 5.11 Å². The molecule has 1 saturated carbocycles. The molecule has 19 nitrogen and oxygen atoms in total. The fourth-order valence-electron chi connectivity index (χ4n) is 4.91. The molecule has 0 aromatic carbocycles.